The topological polar surface area (TPSA) is 17.1 Å². The zero-order valence-electron chi connectivity index (χ0n) is 14.5. The molecule has 0 saturated heterocycles. The Hall–Kier alpha value is -1.63. The van der Waals surface area contributed by atoms with Gasteiger partial charge in [0.1, 0.15) is 0 Å². The summed E-state index contributed by atoms with van der Waals surface area (Å²) in [5, 5.41) is 0. The van der Waals surface area contributed by atoms with E-state index in [0.29, 0.717) is 17.8 Å². The zero-order chi connectivity index (χ0) is 16.3. The van der Waals surface area contributed by atoms with E-state index < -0.39 is 0 Å². The lowest BCUT2D eigenvalue weighted by Gasteiger charge is -2.28. The van der Waals surface area contributed by atoms with Gasteiger partial charge in [0.15, 0.2) is 5.78 Å². The second-order valence-corrected chi connectivity index (χ2v) is 7.06. The minimum atomic E-state index is -0.0785. The number of hydrogen-bond donors (Lipinski definition) is 0. The van der Waals surface area contributed by atoms with Crippen molar-refractivity contribution in [2.75, 3.05) is 0 Å². The van der Waals surface area contributed by atoms with E-state index in [1.807, 2.05) is 37.3 Å². The van der Waals surface area contributed by atoms with E-state index in [2.05, 4.69) is 39.8 Å². The number of carbonyl (C=O) groups is 1. The van der Waals surface area contributed by atoms with Gasteiger partial charge in [-0.05, 0) is 29.7 Å². The van der Waals surface area contributed by atoms with Gasteiger partial charge in [0.25, 0.3) is 0 Å². The van der Waals surface area contributed by atoms with Crippen molar-refractivity contribution in [3.8, 4) is 0 Å². The minimum absolute atomic E-state index is 0.0785. The van der Waals surface area contributed by atoms with Gasteiger partial charge in [-0.3, -0.25) is 4.79 Å². The van der Waals surface area contributed by atoms with Gasteiger partial charge in [-0.1, -0.05) is 82.7 Å². The standard InChI is InChI=1S/C21H28O/c1-14(2)18-11-12-19(20(13-18)15(3)4)21(22)16(5)17-9-7-6-8-10-17/h6-12,14-16,18H,13H2,1-5H3. The van der Waals surface area contributed by atoms with Gasteiger partial charge in [-0.2, -0.15) is 0 Å². The molecule has 1 aromatic rings. The zero-order valence-corrected chi connectivity index (χ0v) is 14.5. The fourth-order valence-corrected chi connectivity index (χ4v) is 3.13. The molecule has 1 heteroatoms. The molecule has 0 saturated carbocycles. The third kappa shape index (κ3) is 3.58. The highest BCUT2D eigenvalue weighted by Gasteiger charge is 2.27. The molecule has 2 unspecified atom stereocenters. The summed E-state index contributed by atoms with van der Waals surface area (Å²) in [6, 6.07) is 10.1. The van der Waals surface area contributed by atoms with Crippen LogP contribution in [0.3, 0.4) is 0 Å². The van der Waals surface area contributed by atoms with Crippen LogP contribution in [0.2, 0.25) is 0 Å². The van der Waals surface area contributed by atoms with Gasteiger partial charge >= 0.3 is 0 Å². The van der Waals surface area contributed by atoms with Crippen LogP contribution in [0.15, 0.2) is 53.6 Å². The van der Waals surface area contributed by atoms with Gasteiger partial charge in [-0.15, -0.1) is 0 Å². The lowest BCUT2D eigenvalue weighted by Crippen LogP contribution is -2.20. The average molecular weight is 296 g/mol. The maximum atomic E-state index is 13.0. The summed E-state index contributed by atoms with van der Waals surface area (Å²) in [7, 11) is 0. The van der Waals surface area contributed by atoms with Gasteiger partial charge in [0.2, 0.25) is 0 Å². The van der Waals surface area contributed by atoms with Gasteiger partial charge in [-0.25, -0.2) is 0 Å². The molecule has 0 bridgehead atoms. The summed E-state index contributed by atoms with van der Waals surface area (Å²) >= 11 is 0. The quantitative estimate of drug-likeness (QED) is 0.696. The van der Waals surface area contributed by atoms with Crippen molar-refractivity contribution in [1.29, 1.82) is 0 Å². The molecule has 0 N–H and O–H groups in total. The monoisotopic (exact) mass is 296 g/mol. The van der Waals surface area contributed by atoms with Crippen LogP contribution in [0.25, 0.3) is 0 Å². The van der Waals surface area contributed by atoms with Crippen LogP contribution in [0.4, 0.5) is 0 Å². The number of ketones is 1. The molecular weight excluding hydrogens is 268 g/mol. The maximum Gasteiger partial charge on any atom is 0.169 e. The highest BCUT2D eigenvalue weighted by atomic mass is 16.1. The summed E-state index contributed by atoms with van der Waals surface area (Å²) in [4.78, 5) is 13.0. The van der Waals surface area contributed by atoms with Crippen molar-refractivity contribution in [3.63, 3.8) is 0 Å². The molecule has 0 fully saturated rings. The van der Waals surface area contributed by atoms with Crippen LogP contribution >= 0.6 is 0 Å². The van der Waals surface area contributed by atoms with Crippen molar-refractivity contribution >= 4 is 5.78 Å². The Morgan fingerprint density at radius 1 is 1.05 bits per heavy atom. The van der Waals surface area contributed by atoms with Crippen LogP contribution in [0, 0.1) is 17.8 Å². The molecule has 1 aliphatic carbocycles. The second-order valence-electron chi connectivity index (χ2n) is 7.06. The third-order valence-corrected chi connectivity index (χ3v) is 4.82. The smallest absolute Gasteiger partial charge is 0.169 e. The molecule has 0 aromatic heterocycles. The first-order chi connectivity index (χ1) is 10.4. The summed E-state index contributed by atoms with van der Waals surface area (Å²) in [5.41, 5.74) is 3.37. The number of rotatable bonds is 5. The SMILES string of the molecule is CC(C)C1=C(C(=O)C(C)c2ccccc2)C=CC(C(C)C)C1. The molecule has 0 heterocycles. The number of allylic oxidation sites excluding steroid dienone is 4. The molecular formula is C21H28O. The van der Waals surface area contributed by atoms with Crippen LogP contribution < -0.4 is 0 Å². The number of Topliss-reactive ketones (excluding diaryl/α,β-unsaturated/α-hetero) is 1. The van der Waals surface area contributed by atoms with Crippen molar-refractivity contribution in [2.24, 2.45) is 17.8 Å². The van der Waals surface area contributed by atoms with E-state index in [4.69, 9.17) is 0 Å². The summed E-state index contributed by atoms with van der Waals surface area (Å²) in [6.45, 7) is 10.9. The van der Waals surface area contributed by atoms with Crippen LogP contribution in [-0.4, -0.2) is 5.78 Å². The Morgan fingerprint density at radius 3 is 2.23 bits per heavy atom. The van der Waals surface area contributed by atoms with Crippen molar-refractivity contribution < 1.29 is 4.79 Å². The Kier molecular flexibility index (Phi) is 5.39. The molecule has 0 aliphatic heterocycles. The lowest BCUT2D eigenvalue weighted by atomic mass is 9.76. The van der Waals surface area contributed by atoms with E-state index >= 15 is 0 Å². The molecule has 22 heavy (non-hydrogen) atoms. The molecule has 1 aliphatic rings. The molecule has 0 radical (unpaired) electrons. The van der Waals surface area contributed by atoms with Gasteiger partial charge in [0.05, 0.1) is 0 Å². The molecule has 2 atom stereocenters. The molecule has 0 amide bonds. The average Bonchev–Trinajstić information content (AvgIpc) is 2.53. The van der Waals surface area contributed by atoms with Crippen LogP contribution in [0.1, 0.15) is 52.5 Å². The molecule has 0 spiro atoms. The normalized spacial score (nSPS) is 19.9. The minimum Gasteiger partial charge on any atom is -0.294 e. The molecule has 118 valence electrons. The number of carbonyl (C=O) groups excluding carboxylic acids is 1. The Labute approximate surface area is 135 Å². The summed E-state index contributed by atoms with van der Waals surface area (Å²) in [6.07, 6.45) is 5.35. The van der Waals surface area contributed by atoms with Crippen LogP contribution in [0.5, 0.6) is 0 Å². The third-order valence-electron chi connectivity index (χ3n) is 4.82. The summed E-state index contributed by atoms with van der Waals surface area (Å²) in [5.74, 6) is 1.78. The van der Waals surface area contributed by atoms with E-state index in [1.54, 1.807) is 0 Å². The van der Waals surface area contributed by atoms with Crippen molar-refractivity contribution in [1.82, 2.24) is 0 Å². The Bertz CT molecular complexity index is 575. The van der Waals surface area contributed by atoms with E-state index in [1.165, 1.54) is 5.57 Å². The molecule has 1 nitrogen and oxygen atoms in total. The van der Waals surface area contributed by atoms with Crippen LogP contribution in [-0.2, 0) is 4.79 Å². The van der Waals surface area contributed by atoms with Crippen molar-refractivity contribution in [2.45, 2.75) is 47.0 Å². The highest BCUT2D eigenvalue weighted by Crippen LogP contribution is 2.35. The fourth-order valence-electron chi connectivity index (χ4n) is 3.13. The van der Waals surface area contributed by atoms with Crippen molar-refractivity contribution in [3.05, 3.63) is 59.2 Å². The highest BCUT2D eigenvalue weighted by molar-refractivity contribution is 6.03. The maximum absolute atomic E-state index is 13.0. The molecule has 2 rings (SSSR count). The first-order valence-corrected chi connectivity index (χ1v) is 8.42. The fraction of sp³-hybridized carbons (Fsp3) is 0.476. The Balaban J connectivity index is 2.30. The lowest BCUT2D eigenvalue weighted by molar-refractivity contribution is -0.116. The number of benzene rings is 1. The van der Waals surface area contributed by atoms with E-state index in [0.717, 1.165) is 17.6 Å². The predicted octanol–water partition coefficient (Wildman–Crippen LogP) is 5.54. The Morgan fingerprint density at radius 2 is 1.68 bits per heavy atom. The van der Waals surface area contributed by atoms with Gasteiger partial charge in [0, 0.05) is 11.5 Å². The van der Waals surface area contributed by atoms with E-state index in [9.17, 15) is 4.79 Å². The van der Waals surface area contributed by atoms with Gasteiger partial charge < -0.3 is 0 Å². The second kappa shape index (κ2) is 7.09. The first-order valence-electron chi connectivity index (χ1n) is 8.42. The van der Waals surface area contributed by atoms with E-state index in [-0.39, 0.29) is 11.7 Å². The number of hydrogen-bond acceptors (Lipinski definition) is 1. The predicted molar refractivity (Wildman–Crippen MR) is 93.8 cm³/mol. The largest absolute Gasteiger partial charge is 0.294 e. The molecule has 1 aromatic carbocycles. The summed E-state index contributed by atoms with van der Waals surface area (Å²) < 4.78 is 0. The first kappa shape index (κ1) is 16.7.